The molecule has 100 valence electrons. The van der Waals surface area contributed by atoms with Crippen molar-refractivity contribution in [2.45, 2.75) is 32.4 Å². The van der Waals surface area contributed by atoms with Crippen molar-refractivity contribution in [2.75, 3.05) is 0 Å². The van der Waals surface area contributed by atoms with Crippen LogP contribution in [0.25, 0.3) is 0 Å². The highest BCUT2D eigenvalue weighted by molar-refractivity contribution is 6.30. The van der Waals surface area contributed by atoms with Gasteiger partial charge >= 0.3 is 0 Å². The Morgan fingerprint density at radius 2 is 1.74 bits per heavy atom. The second-order valence-electron chi connectivity index (χ2n) is 5.03. The number of rotatable bonds is 5. The molecule has 2 atom stereocenters. The molecule has 0 amide bonds. The van der Waals surface area contributed by atoms with E-state index in [9.17, 15) is 0 Å². The van der Waals surface area contributed by atoms with Crippen LogP contribution in [0.5, 0.6) is 0 Å². The summed E-state index contributed by atoms with van der Waals surface area (Å²) in [7, 11) is 0. The average molecular weight is 274 g/mol. The average Bonchev–Trinajstić information content (AvgIpc) is 2.39. The molecule has 0 radical (unpaired) electrons. The third-order valence-electron chi connectivity index (χ3n) is 3.27. The van der Waals surface area contributed by atoms with Crippen molar-refractivity contribution < 1.29 is 0 Å². The minimum absolute atomic E-state index is 0.303. The molecule has 0 spiro atoms. The van der Waals surface area contributed by atoms with Crippen LogP contribution in [0, 0.1) is 0 Å². The lowest BCUT2D eigenvalue weighted by atomic mass is 10.0. The van der Waals surface area contributed by atoms with Gasteiger partial charge in [-0.15, -0.1) is 0 Å². The Morgan fingerprint density at radius 1 is 1.00 bits per heavy atom. The van der Waals surface area contributed by atoms with Gasteiger partial charge in [0.1, 0.15) is 0 Å². The number of benzene rings is 2. The predicted molar refractivity (Wildman–Crippen MR) is 82.6 cm³/mol. The van der Waals surface area contributed by atoms with Crippen molar-refractivity contribution in [3.63, 3.8) is 0 Å². The van der Waals surface area contributed by atoms with E-state index < -0.39 is 0 Å². The first-order valence-corrected chi connectivity index (χ1v) is 7.08. The molecular weight excluding hydrogens is 254 g/mol. The highest BCUT2D eigenvalue weighted by Gasteiger charge is 2.10. The second kappa shape index (κ2) is 6.74. The Bertz CT molecular complexity index is 510. The molecule has 0 saturated heterocycles. The first kappa shape index (κ1) is 14.1. The van der Waals surface area contributed by atoms with E-state index in [1.807, 2.05) is 18.2 Å². The van der Waals surface area contributed by atoms with Crippen LogP contribution in [-0.4, -0.2) is 6.04 Å². The van der Waals surface area contributed by atoms with Gasteiger partial charge in [0.15, 0.2) is 0 Å². The molecule has 0 aliphatic heterocycles. The molecule has 0 heterocycles. The van der Waals surface area contributed by atoms with E-state index in [1.54, 1.807) is 0 Å². The monoisotopic (exact) mass is 273 g/mol. The standard InChI is InChI=1S/C17H20ClN/c1-13(11-15-7-4-3-5-8-15)19-14(2)16-9-6-10-17(18)12-16/h3-10,12-14,19H,11H2,1-2H3/t13?,14-/m1/s1. The maximum absolute atomic E-state index is 6.03. The fraction of sp³-hybridized carbons (Fsp3) is 0.294. The normalized spacial score (nSPS) is 14.1. The maximum atomic E-state index is 6.03. The molecule has 1 N–H and O–H groups in total. The van der Waals surface area contributed by atoms with Crippen LogP contribution in [0.2, 0.25) is 5.02 Å². The highest BCUT2D eigenvalue weighted by Crippen LogP contribution is 2.18. The quantitative estimate of drug-likeness (QED) is 0.838. The molecule has 1 unspecified atom stereocenters. The van der Waals surface area contributed by atoms with E-state index in [1.165, 1.54) is 11.1 Å². The summed E-state index contributed by atoms with van der Waals surface area (Å²) in [5.74, 6) is 0. The van der Waals surface area contributed by atoms with Crippen molar-refractivity contribution in [1.82, 2.24) is 5.32 Å². The van der Waals surface area contributed by atoms with Gasteiger partial charge in [-0.2, -0.15) is 0 Å². The molecule has 0 aromatic heterocycles. The van der Waals surface area contributed by atoms with Crippen molar-refractivity contribution in [2.24, 2.45) is 0 Å². The lowest BCUT2D eigenvalue weighted by Gasteiger charge is -2.20. The summed E-state index contributed by atoms with van der Waals surface area (Å²) in [5, 5.41) is 4.41. The SMILES string of the molecule is CC(Cc1ccccc1)N[C@H](C)c1cccc(Cl)c1. The van der Waals surface area contributed by atoms with Gasteiger partial charge in [0.2, 0.25) is 0 Å². The van der Waals surface area contributed by atoms with Crippen LogP contribution < -0.4 is 5.32 Å². The van der Waals surface area contributed by atoms with Crippen molar-refractivity contribution in [3.05, 3.63) is 70.7 Å². The van der Waals surface area contributed by atoms with Gasteiger partial charge in [0.25, 0.3) is 0 Å². The Labute approximate surface area is 120 Å². The van der Waals surface area contributed by atoms with Gasteiger partial charge in [-0.05, 0) is 43.5 Å². The number of nitrogens with one attached hydrogen (secondary N) is 1. The fourth-order valence-corrected chi connectivity index (χ4v) is 2.52. The van der Waals surface area contributed by atoms with E-state index in [4.69, 9.17) is 11.6 Å². The van der Waals surface area contributed by atoms with E-state index >= 15 is 0 Å². The van der Waals surface area contributed by atoms with E-state index in [2.05, 4.69) is 55.6 Å². The van der Waals surface area contributed by atoms with Gasteiger partial charge in [-0.3, -0.25) is 0 Å². The lowest BCUT2D eigenvalue weighted by molar-refractivity contribution is 0.477. The molecular formula is C17H20ClN. The fourth-order valence-electron chi connectivity index (χ4n) is 2.33. The summed E-state index contributed by atoms with van der Waals surface area (Å²) < 4.78 is 0. The molecule has 2 aromatic rings. The summed E-state index contributed by atoms with van der Waals surface area (Å²) in [6.45, 7) is 4.39. The van der Waals surface area contributed by atoms with Crippen LogP contribution in [-0.2, 0) is 6.42 Å². The van der Waals surface area contributed by atoms with E-state index in [-0.39, 0.29) is 0 Å². The smallest absolute Gasteiger partial charge is 0.0409 e. The van der Waals surface area contributed by atoms with Crippen LogP contribution in [0.1, 0.15) is 31.0 Å². The molecule has 0 aliphatic rings. The zero-order valence-electron chi connectivity index (χ0n) is 11.4. The summed E-state index contributed by atoms with van der Waals surface area (Å²) in [6, 6.07) is 19.3. The molecule has 1 nitrogen and oxygen atoms in total. The topological polar surface area (TPSA) is 12.0 Å². The number of hydrogen-bond donors (Lipinski definition) is 1. The third-order valence-corrected chi connectivity index (χ3v) is 3.50. The molecule has 2 rings (SSSR count). The largest absolute Gasteiger partial charge is 0.307 e. The summed E-state index contributed by atoms with van der Waals surface area (Å²) in [6.07, 6.45) is 1.03. The van der Waals surface area contributed by atoms with Gasteiger partial charge in [0.05, 0.1) is 0 Å². The van der Waals surface area contributed by atoms with Crippen molar-refractivity contribution in [3.8, 4) is 0 Å². The second-order valence-corrected chi connectivity index (χ2v) is 5.47. The predicted octanol–water partition coefficient (Wildman–Crippen LogP) is 4.62. The first-order chi connectivity index (χ1) is 9.15. The van der Waals surface area contributed by atoms with E-state index in [0.717, 1.165) is 11.4 Å². The van der Waals surface area contributed by atoms with Crippen LogP contribution in [0.15, 0.2) is 54.6 Å². The van der Waals surface area contributed by atoms with Gasteiger partial charge < -0.3 is 5.32 Å². The molecule has 0 bridgehead atoms. The molecule has 2 aromatic carbocycles. The van der Waals surface area contributed by atoms with E-state index in [0.29, 0.717) is 12.1 Å². The summed E-state index contributed by atoms with van der Waals surface area (Å²) in [4.78, 5) is 0. The molecule has 19 heavy (non-hydrogen) atoms. The van der Waals surface area contributed by atoms with Gasteiger partial charge in [-0.1, -0.05) is 54.1 Å². The highest BCUT2D eigenvalue weighted by atomic mass is 35.5. The zero-order chi connectivity index (χ0) is 13.7. The molecule has 0 fully saturated rings. The molecule has 0 saturated carbocycles. The summed E-state index contributed by atoms with van der Waals surface area (Å²) >= 11 is 6.03. The van der Waals surface area contributed by atoms with Crippen LogP contribution in [0.4, 0.5) is 0 Å². The van der Waals surface area contributed by atoms with Crippen molar-refractivity contribution >= 4 is 11.6 Å². The lowest BCUT2D eigenvalue weighted by Crippen LogP contribution is -2.30. The Kier molecular flexibility index (Phi) is 5.00. The van der Waals surface area contributed by atoms with Gasteiger partial charge in [-0.25, -0.2) is 0 Å². The maximum Gasteiger partial charge on any atom is 0.0409 e. The first-order valence-electron chi connectivity index (χ1n) is 6.70. The van der Waals surface area contributed by atoms with Crippen LogP contribution in [0.3, 0.4) is 0 Å². The van der Waals surface area contributed by atoms with Crippen molar-refractivity contribution in [1.29, 1.82) is 0 Å². The number of halogens is 1. The Morgan fingerprint density at radius 3 is 2.42 bits per heavy atom. The minimum atomic E-state index is 0.303. The summed E-state index contributed by atoms with van der Waals surface area (Å²) in [5.41, 5.74) is 2.59. The molecule has 0 aliphatic carbocycles. The Hall–Kier alpha value is -1.31. The zero-order valence-corrected chi connectivity index (χ0v) is 12.2. The Balaban J connectivity index is 1.93. The molecule has 2 heteroatoms. The number of hydrogen-bond acceptors (Lipinski definition) is 1. The van der Waals surface area contributed by atoms with Crippen LogP contribution >= 0.6 is 11.6 Å². The minimum Gasteiger partial charge on any atom is -0.307 e. The third kappa shape index (κ3) is 4.38. The van der Waals surface area contributed by atoms with Gasteiger partial charge in [0, 0.05) is 17.1 Å².